The predicted octanol–water partition coefficient (Wildman–Crippen LogP) is 22.8. The fraction of sp³-hybridized carbons (Fsp3) is 0.254. The summed E-state index contributed by atoms with van der Waals surface area (Å²) in [6.07, 6.45) is 0. The zero-order chi connectivity index (χ0) is 101. The molecular formula is C118H119N3O24. The van der Waals surface area contributed by atoms with Gasteiger partial charge in [-0.15, -0.1) is 0 Å². The van der Waals surface area contributed by atoms with Crippen molar-refractivity contribution in [3.8, 4) is 89.8 Å². The quantitative estimate of drug-likeness (QED) is 0.0257. The van der Waals surface area contributed by atoms with Gasteiger partial charge in [0.05, 0.1) is 132 Å². The maximum absolute atomic E-state index is 13.4. The third-order valence-corrected chi connectivity index (χ3v) is 24.7. The van der Waals surface area contributed by atoms with Gasteiger partial charge in [-0.3, -0.25) is 0 Å². The first-order valence-corrected chi connectivity index (χ1v) is 48.0. The molecule has 0 spiro atoms. The topological polar surface area (TPSA) is 307 Å². The van der Waals surface area contributed by atoms with E-state index >= 15 is 0 Å². The second kappa shape index (κ2) is 52.9. The molecule has 0 amide bonds. The van der Waals surface area contributed by atoms with E-state index < -0.39 is 29.3 Å². The standard InChI is InChI=1S/C118H119N3O24/c1-118(92-30-48-110(104(78-92)114(122)123)142-72-68-138-64-60-134-56-52-130-2)108-76-90(83-14-10-7-11-15-83)28-46-102(108)103-47-29-91(77-109(103)118)89-26-41-98(42-27-89)121(101-45-51-113(107(81-101)117(128)129)145-75-71-141-67-63-137-59-55-133-5)97-39-24-88(25-40-97)87-22-37-96(38-23-87)120(100-44-50-112(106(80-100)116(126)127)144-74-70-140-66-62-136-58-54-132-4)95-35-20-86(21-36-95)85-18-33-94(34-19-85)119(93-31-16-84(17-32-93)82-12-8-6-9-13-82)99-43-49-111(105(79-99)115(124)125)143-73-69-139-65-61-135-57-53-131-3/h6-51,76-81H,52-75H2,1-5H3,(H,122,123)(H,124,125)(H,126,127)(H,128,129). The minimum atomic E-state index is -1.20. The second-order valence-corrected chi connectivity index (χ2v) is 33.9. The third-order valence-electron chi connectivity index (χ3n) is 24.7. The number of carboxylic acid groups (broad SMARTS) is 4. The summed E-state index contributed by atoms with van der Waals surface area (Å²) in [6.45, 7) is 9.66. The van der Waals surface area contributed by atoms with E-state index in [2.05, 4.69) is 55.5 Å². The predicted molar refractivity (Wildman–Crippen MR) is 559 cm³/mol. The number of fused-ring (bicyclic) bond motifs is 3. The fourth-order valence-electron chi connectivity index (χ4n) is 17.3. The largest absolute Gasteiger partial charge is 0.490 e. The number of ether oxygens (including phenoxy) is 16. The molecular weight excluding hydrogens is 1840 g/mol. The summed E-state index contributed by atoms with van der Waals surface area (Å²) in [5.74, 6) is -3.98. The highest BCUT2D eigenvalue weighted by atomic mass is 16.6. The summed E-state index contributed by atoms with van der Waals surface area (Å²) >= 11 is 0. The molecule has 14 aromatic carbocycles. The molecule has 1 aliphatic carbocycles. The average Bonchev–Trinajstić information content (AvgIpc) is 1.55. The van der Waals surface area contributed by atoms with Gasteiger partial charge in [-0.1, -0.05) is 164 Å². The molecule has 1 atom stereocenters. The minimum Gasteiger partial charge on any atom is -0.490 e. The number of benzene rings is 14. The van der Waals surface area contributed by atoms with Gasteiger partial charge in [0, 0.05) is 85.0 Å². The smallest absolute Gasteiger partial charge is 0.339 e. The van der Waals surface area contributed by atoms with E-state index in [1.165, 1.54) is 0 Å². The van der Waals surface area contributed by atoms with Gasteiger partial charge in [0.1, 0.15) is 71.7 Å². The maximum atomic E-state index is 13.4. The number of aromatic carboxylic acids is 4. The average molecular weight is 1960 g/mol. The van der Waals surface area contributed by atoms with E-state index in [0.717, 1.165) is 94.8 Å². The molecule has 0 radical (unpaired) electrons. The summed E-state index contributed by atoms with van der Waals surface area (Å²) in [5.41, 5.74) is 19.0. The summed E-state index contributed by atoms with van der Waals surface area (Å²) in [6, 6.07) is 102. The van der Waals surface area contributed by atoms with Crippen molar-refractivity contribution in [2.75, 3.05) is 202 Å². The summed E-state index contributed by atoms with van der Waals surface area (Å²) in [7, 11) is 6.42. The van der Waals surface area contributed by atoms with Crippen LogP contribution in [0.25, 0.3) is 66.8 Å². The first-order chi connectivity index (χ1) is 71.0. The molecule has 27 heteroatoms. The van der Waals surface area contributed by atoms with Crippen LogP contribution < -0.4 is 33.6 Å². The van der Waals surface area contributed by atoms with Crippen LogP contribution in [0.5, 0.6) is 23.0 Å². The normalized spacial score (nSPS) is 12.4. The number of nitrogens with zero attached hydrogens (tertiary/aromatic N) is 3. The van der Waals surface area contributed by atoms with Gasteiger partial charge in [-0.25, -0.2) is 19.2 Å². The van der Waals surface area contributed by atoms with Gasteiger partial charge in [-0.2, -0.15) is 0 Å². The van der Waals surface area contributed by atoms with Gasteiger partial charge in [0.2, 0.25) is 0 Å². The van der Waals surface area contributed by atoms with Gasteiger partial charge >= 0.3 is 23.9 Å². The lowest BCUT2D eigenvalue weighted by Gasteiger charge is -2.30. The Kier molecular flexibility index (Phi) is 38.1. The SMILES string of the molecule is COCCOCCOCCOc1ccc(N(c2ccc(-c3ccccc3)cc2)c2ccc(-c3ccc(N(c4ccc(-c5ccc(N(c6ccc(-c7ccc8c(c7)C(C)(c7ccc(OCCOCCOCCOC)c(C(=O)O)c7)c7cc(-c9ccccc9)ccc7-8)cc6)c6ccc(OCCOCCOCCOC)c(C(=O)O)c6)cc5)cc4)c4ccc(OCCOCCOCCOC)c(C(=O)O)c4)cc3)cc2)cc1C(=O)O. The van der Waals surface area contributed by atoms with Crippen LogP contribution in [0.1, 0.15) is 65.0 Å². The maximum Gasteiger partial charge on any atom is 0.339 e. The molecule has 0 saturated heterocycles. The van der Waals surface area contributed by atoms with Crippen LogP contribution in [0.4, 0.5) is 51.2 Å². The van der Waals surface area contributed by atoms with E-state index in [9.17, 15) is 39.6 Å². The minimum absolute atomic E-state index is 0.0125. The van der Waals surface area contributed by atoms with Crippen LogP contribution in [-0.4, -0.2) is 231 Å². The van der Waals surface area contributed by atoms with Crippen LogP contribution in [-0.2, 0) is 62.3 Å². The first kappa shape index (κ1) is 104. The molecule has 1 unspecified atom stereocenters. The second-order valence-electron chi connectivity index (χ2n) is 33.9. The van der Waals surface area contributed by atoms with Crippen LogP contribution in [0.15, 0.2) is 315 Å². The van der Waals surface area contributed by atoms with E-state index in [1.807, 2.05) is 233 Å². The molecule has 1 aliphatic rings. The van der Waals surface area contributed by atoms with Crippen molar-refractivity contribution >= 4 is 75.1 Å². The first-order valence-electron chi connectivity index (χ1n) is 48.0. The number of carboxylic acids is 4. The van der Waals surface area contributed by atoms with Gasteiger partial charge < -0.3 is 111 Å². The Morgan fingerprint density at radius 3 is 0.662 bits per heavy atom. The van der Waals surface area contributed by atoms with Gasteiger partial charge in [0.25, 0.3) is 0 Å². The van der Waals surface area contributed by atoms with E-state index in [-0.39, 0.29) is 98.1 Å². The van der Waals surface area contributed by atoms with Crippen LogP contribution in [0.2, 0.25) is 0 Å². The molecule has 145 heavy (non-hydrogen) atoms. The summed E-state index contributed by atoms with van der Waals surface area (Å²) in [5, 5.41) is 43.5. The molecule has 15 rings (SSSR count). The fourth-order valence-corrected chi connectivity index (χ4v) is 17.3. The molecule has 0 heterocycles. The Morgan fingerprint density at radius 2 is 0.414 bits per heavy atom. The van der Waals surface area contributed by atoms with Crippen molar-refractivity contribution in [1.29, 1.82) is 0 Å². The van der Waals surface area contributed by atoms with E-state index in [0.29, 0.717) is 146 Å². The van der Waals surface area contributed by atoms with Crippen molar-refractivity contribution in [1.82, 2.24) is 0 Å². The van der Waals surface area contributed by atoms with Crippen molar-refractivity contribution in [2.45, 2.75) is 12.3 Å². The summed E-state index contributed by atoms with van der Waals surface area (Å²) in [4.78, 5) is 59.2. The number of anilines is 9. The zero-order valence-electron chi connectivity index (χ0n) is 81.8. The van der Waals surface area contributed by atoms with E-state index in [1.54, 1.807) is 77.0 Å². The van der Waals surface area contributed by atoms with Gasteiger partial charge in [-0.05, 0) is 242 Å². The highest BCUT2D eigenvalue weighted by Crippen LogP contribution is 2.55. The number of methoxy groups -OCH3 is 4. The molecule has 27 nitrogen and oxygen atoms in total. The van der Waals surface area contributed by atoms with Crippen molar-refractivity contribution < 1.29 is 115 Å². The highest BCUT2D eigenvalue weighted by molar-refractivity contribution is 5.98. The lowest BCUT2D eigenvalue weighted by atomic mass is 9.73. The lowest BCUT2D eigenvalue weighted by molar-refractivity contribution is 0.0178. The zero-order valence-corrected chi connectivity index (χ0v) is 81.8. The molecule has 0 aromatic heterocycles. The number of hydrogen-bond acceptors (Lipinski definition) is 23. The van der Waals surface area contributed by atoms with Crippen LogP contribution in [0, 0.1) is 0 Å². The third kappa shape index (κ3) is 27.2. The Hall–Kier alpha value is -14.9. The molecule has 4 N–H and O–H groups in total. The van der Waals surface area contributed by atoms with Crippen molar-refractivity contribution in [3.05, 3.63) is 354 Å². The lowest BCUT2D eigenvalue weighted by Crippen LogP contribution is -2.23. The monoisotopic (exact) mass is 1960 g/mol. The Balaban J connectivity index is 0.734. The molecule has 0 fully saturated rings. The van der Waals surface area contributed by atoms with E-state index in [4.69, 9.17) is 75.8 Å². The number of rotatable bonds is 59. The van der Waals surface area contributed by atoms with Crippen LogP contribution in [0.3, 0.4) is 0 Å². The molecule has 0 bridgehead atoms. The Labute approximate surface area is 843 Å². The Bertz CT molecular complexity index is 6560. The van der Waals surface area contributed by atoms with Gasteiger partial charge in [0.15, 0.2) is 0 Å². The van der Waals surface area contributed by atoms with Crippen molar-refractivity contribution in [3.63, 3.8) is 0 Å². The molecule has 750 valence electrons. The number of hydrogen-bond donors (Lipinski definition) is 4. The number of carbonyl (C=O) groups is 4. The molecule has 0 saturated carbocycles. The Morgan fingerprint density at radius 1 is 0.214 bits per heavy atom. The molecule has 0 aliphatic heterocycles. The molecule has 14 aromatic rings. The van der Waals surface area contributed by atoms with Crippen LogP contribution >= 0.6 is 0 Å². The van der Waals surface area contributed by atoms with Crippen molar-refractivity contribution in [2.24, 2.45) is 0 Å². The highest BCUT2D eigenvalue weighted by Gasteiger charge is 2.42. The summed E-state index contributed by atoms with van der Waals surface area (Å²) < 4.78 is 89.7.